The lowest BCUT2D eigenvalue weighted by Crippen LogP contribution is -2.49. The van der Waals surface area contributed by atoms with Gasteiger partial charge in [0.25, 0.3) is 5.91 Å². The Labute approximate surface area is 193 Å². The molecule has 0 aliphatic carbocycles. The van der Waals surface area contributed by atoms with E-state index in [0.717, 1.165) is 6.26 Å². The van der Waals surface area contributed by atoms with Gasteiger partial charge in [0, 0.05) is 12.7 Å². The third-order valence-electron chi connectivity index (χ3n) is 4.20. The zero-order valence-electron chi connectivity index (χ0n) is 17.5. The molecule has 1 unspecified atom stereocenters. The number of oxazole rings is 1. The van der Waals surface area contributed by atoms with Gasteiger partial charge in [-0.1, -0.05) is 24.3 Å². The van der Waals surface area contributed by atoms with Crippen LogP contribution < -0.4 is 20.7 Å². The minimum Gasteiger partial charge on any atom is -0.480 e. The van der Waals surface area contributed by atoms with Crippen LogP contribution in [0.1, 0.15) is 10.5 Å². The first-order valence-electron chi connectivity index (χ1n) is 9.73. The second-order valence-corrected chi connectivity index (χ2v) is 8.40. The van der Waals surface area contributed by atoms with E-state index in [9.17, 15) is 27.9 Å². The molecule has 1 atom stereocenters. The molecular weight excluding hydrogens is 468 g/mol. The van der Waals surface area contributed by atoms with Crippen molar-refractivity contribution < 1.29 is 32.3 Å². The molecule has 3 aromatic rings. The van der Waals surface area contributed by atoms with E-state index in [1.807, 2.05) is 4.72 Å². The first-order chi connectivity index (χ1) is 16.2. The van der Waals surface area contributed by atoms with E-state index in [4.69, 9.17) is 4.42 Å². The first-order valence-corrected chi connectivity index (χ1v) is 11.2. The number of pyridine rings is 1. The van der Waals surface area contributed by atoms with E-state index in [2.05, 4.69) is 25.9 Å². The molecule has 3 rings (SSSR count). The zero-order chi connectivity index (χ0) is 24.6. The molecule has 0 aliphatic heterocycles. The van der Waals surface area contributed by atoms with Gasteiger partial charge < -0.3 is 20.2 Å². The lowest BCUT2D eigenvalue weighted by Gasteiger charge is -2.15. The Morgan fingerprint density at radius 3 is 2.44 bits per heavy atom. The van der Waals surface area contributed by atoms with Gasteiger partial charge in [-0.15, -0.1) is 0 Å². The maximum absolute atomic E-state index is 12.3. The lowest BCUT2D eigenvalue weighted by molar-refractivity contribution is -0.138. The molecule has 0 radical (unpaired) electrons. The number of rotatable bonds is 11. The van der Waals surface area contributed by atoms with E-state index < -0.39 is 46.9 Å². The number of benzene rings is 1. The standard InChI is InChI=1S/C20H20N6O7S/c27-17(22-10-14(19(29)30)26-34(31,32)13-6-2-1-3-7-13)11-23-18(28)15-12-33-20(24-15)25-16-8-4-5-9-21-16/h1-9,12,14,26H,10-11H2,(H,22,27)(H,23,28)(H,29,30)(H,21,24,25). The first kappa shape index (κ1) is 24.3. The SMILES string of the molecule is O=C(CNC(=O)c1coc(Nc2ccccn2)n1)NCC(NS(=O)(=O)c1ccccc1)C(=O)O. The highest BCUT2D eigenvalue weighted by Crippen LogP contribution is 2.13. The molecule has 0 bridgehead atoms. The highest BCUT2D eigenvalue weighted by atomic mass is 32.2. The van der Waals surface area contributed by atoms with Gasteiger partial charge in [-0.2, -0.15) is 9.71 Å². The predicted octanol–water partition coefficient (Wildman–Crippen LogP) is 0.0909. The van der Waals surface area contributed by atoms with Crippen molar-refractivity contribution in [3.05, 3.63) is 66.7 Å². The van der Waals surface area contributed by atoms with Crippen LogP contribution in [0.5, 0.6) is 0 Å². The molecule has 34 heavy (non-hydrogen) atoms. The largest absolute Gasteiger partial charge is 0.480 e. The molecule has 2 amide bonds. The number of aromatic nitrogens is 2. The van der Waals surface area contributed by atoms with E-state index >= 15 is 0 Å². The number of amides is 2. The number of sulfonamides is 1. The van der Waals surface area contributed by atoms with Crippen LogP contribution in [0.3, 0.4) is 0 Å². The van der Waals surface area contributed by atoms with Gasteiger partial charge in [-0.3, -0.25) is 19.7 Å². The predicted molar refractivity (Wildman–Crippen MR) is 118 cm³/mol. The maximum Gasteiger partial charge on any atom is 0.323 e. The van der Waals surface area contributed by atoms with Crippen molar-refractivity contribution in [3.63, 3.8) is 0 Å². The van der Waals surface area contributed by atoms with E-state index in [1.165, 1.54) is 24.3 Å². The van der Waals surface area contributed by atoms with Crippen molar-refractivity contribution in [2.75, 3.05) is 18.4 Å². The van der Waals surface area contributed by atoms with Gasteiger partial charge in [0.1, 0.15) is 18.1 Å². The van der Waals surface area contributed by atoms with Crippen molar-refractivity contribution >= 4 is 39.6 Å². The number of carbonyl (C=O) groups is 3. The molecule has 2 heterocycles. The van der Waals surface area contributed by atoms with E-state index in [-0.39, 0.29) is 16.6 Å². The number of carbonyl (C=O) groups excluding carboxylic acids is 2. The monoisotopic (exact) mass is 488 g/mol. The summed E-state index contributed by atoms with van der Waals surface area (Å²) in [7, 11) is -4.12. The minimum absolute atomic E-state index is 0.0169. The van der Waals surface area contributed by atoms with E-state index in [1.54, 1.807) is 30.5 Å². The number of nitrogens with one attached hydrogen (secondary N) is 4. The van der Waals surface area contributed by atoms with Crippen molar-refractivity contribution in [1.82, 2.24) is 25.3 Å². The smallest absolute Gasteiger partial charge is 0.323 e. The molecule has 0 spiro atoms. The van der Waals surface area contributed by atoms with Crippen LogP contribution in [-0.2, 0) is 19.6 Å². The van der Waals surface area contributed by atoms with Crippen LogP contribution in [-0.4, -0.2) is 60.4 Å². The second-order valence-electron chi connectivity index (χ2n) is 6.69. The number of carboxylic acids is 1. The summed E-state index contributed by atoms with van der Waals surface area (Å²) in [6, 6.07) is 10.7. The summed E-state index contributed by atoms with van der Waals surface area (Å²) in [4.78, 5) is 43.5. The highest BCUT2D eigenvalue weighted by Gasteiger charge is 2.26. The molecule has 5 N–H and O–H groups in total. The van der Waals surface area contributed by atoms with E-state index in [0.29, 0.717) is 5.82 Å². The number of anilines is 2. The Kier molecular flexibility index (Phi) is 7.89. The summed E-state index contributed by atoms with van der Waals surface area (Å²) in [5, 5.41) is 16.6. The van der Waals surface area contributed by atoms with Crippen molar-refractivity contribution in [2.45, 2.75) is 10.9 Å². The zero-order valence-corrected chi connectivity index (χ0v) is 18.3. The van der Waals surface area contributed by atoms with Crippen LogP contribution in [0.25, 0.3) is 0 Å². The summed E-state index contributed by atoms with van der Waals surface area (Å²) in [6.45, 7) is -1.05. The molecule has 14 heteroatoms. The molecule has 0 fully saturated rings. The molecule has 0 saturated heterocycles. The molecule has 2 aromatic heterocycles. The number of carboxylic acid groups (broad SMARTS) is 1. The van der Waals surface area contributed by atoms with Crippen molar-refractivity contribution in [1.29, 1.82) is 0 Å². The van der Waals surface area contributed by atoms with Crippen molar-refractivity contribution in [2.24, 2.45) is 0 Å². The Morgan fingerprint density at radius 1 is 1.03 bits per heavy atom. The van der Waals surface area contributed by atoms with Crippen LogP contribution >= 0.6 is 0 Å². The Balaban J connectivity index is 1.48. The maximum atomic E-state index is 12.3. The van der Waals surface area contributed by atoms with Crippen molar-refractivity contribution in [3.8, 4) is 0 Å². The molecule has 178 valence electrons. The number of nitrogens with zero attached hydrogens (tertiary/aromatic N) is 2. The van der Waals surface area contributed by atoms with Gasteiger partial charge in [0.05, 0.1) is 11.4 Å². The van der Waals surface area contributed by atoms with Gasteiger partial charge in [0.15, 0.2) is 5.69 Å². The summed E-state index contributed by atoms with van der Waals surface area (Å²) in [5.41, 5.74) is -0.106. The average Bonchev–Trinajstić information content (AvgIpc) is 3.29. The summed E-state index contributed by atoms with van der Waals surface area (Å²) >= 11 is 0. The summed E-state index contributed by atoms with van der Waals surface area (Å²) in [6.07, 6.45) is 2.64. The van der Waals surface area contributed by atoms with Crippen LogP contribution in [0.2, 0.25) is 0 Å². The minimum atomic E-state index is -4.12. The quantitative estimate of drug-likeness (QED) is 0.247. The topological polar surface area (TPSA) is 193 Å². The Morgan fingerprint density at radius 2 is 1.76 bits per heavy atom. The molecule has 0 aliphatic rings. The Hall–Kier alpha value is -4.30. The van der Waals surface area contributed by atoms with Crippen LogP contribution in [0.4, 0.5) is 11.8 Å². The van der Waals surface area contributed by atoms with Crippen LogP contribution in [0.15, 0.2) is 70.3 Å². The molecular formula is C20H20N6O7S. The fourth-order valence-corrected chi connectivity index (χ4v) is 3.76. The normalized spacial score (nSPS) is 11.9. The van der Waals surface area contributed by atoms with Crippen LogP contribution in [0, 0.1) is 0 Å². The molecule has 1 aromatic carbocycles. The Bertz CT molecular complexity index is 1250. The fourth-order valence-electron chi connectivity index (χ4n) is 2.55. The summed E-state index contributed by atoms with van der Waals surface area (Å²) in [5.74, 6) is -2.49. The fraction of sp³-hybridized carbons (Fsp3) is 0.150. The van der Waals surface area contributed by atoms with Gasteiger partial charge in [0.2, 0.25) is 15.9 Å². The number of hydrogen-bond acceptors (Lipinski definition) is 9. The summed E-state index contributed by atoms with van der Waals surface area (Å²) < 4.78 is 31.8. The second kappa shape index (κ2) is 11.0. The number of aliphatic carboxylic acids is 1. The third kappa shape index (κ3) is 6.85. The average molecular weight is 488 g/mol. The number of hydrogen-bond donors (Lipinski definition) is 5. The molecule has 0 saturated carbocycles. The highest BCUT2D eigenvalue weighted by molar-refractivity contribution is 7.89. The van der Waals surface area contributed by atoms with Gasteiger partial charge in [-0.25, -0.2) is 13.4 Å². The van der Waals surface area contributed by atoms with Gasteiger partial charge in [-0.05, 0) is 24.3 Å². The molecule has 13 nitrogen and oxygen atoms in total. The lowest BCUT2D eigenvalue weighted by atomic mass is 10.3. The van der Waals surface area contributed by atoms with Gasteiger partial charge >= 0.3 is 12.0 Å². The third-order valence-corrected chi connectivity index (χ3v) is 5.69.